The lowest BCUT2D eigenvalue weighted by Crippen LogP contribution is -2.30. The molecule has 7 nitrogen and oxygen atoms in total. The molecule has 0 unspecified atom stereocenters. The van der Waals surface area contributed by atoms with Crippen molar-refractivity contribution in [2.45, 2.75) is 38.3 Å². The molecule has 0 atom stereocenters. The molecule has 3 aromatic rings. The second-order valence-electron chi connectivity index (χ2n) is 11.0. The predicted molar refractivity (Wildman–Crippen MR) is 173 cm³/mol. The number of nitrogens with zero attached hydrogens (tertiary/aromatic N) is 3. The van der Waals surface area contributed by atoms with E-state index in [9.17, 15) is 22.8 Å². The Morgan fingerprint density at radius 3 is 2.53 bits per heavy atom. The van der Waals surface area contributed by atoms with Gasteiger partial charge in [-0.05, 0) is 100 Å². The van der Waals surface area contributed by atoms with Crippen molar-refractivity contribution in [3.63, 3.8) is 0 Å². The lowest BCUT2D eigenvalue weighted by atomic mass is 10.1. The van der Waals surface area contributed by atoms with Crippen LogP contribution in [0.2, 0.25) is 5.02 Å². The van der Waals surface area contributed by atoms with Crippen LogP contribution in [0, 0.1) is 11.8 Å². The Hall–Kier alpha value is -4.33. The molecule has 2 N–H and O–H groups in total. The molecule has 0 aliphatic carbocycles. The Balaban J connectivity index is 1.53. The van der Waals surface area contributed by atoms with Crippen LogP contribution in [0.4, 0.5) is 24.5 Å². The van der Waals surface area contributed by atoms with Crippen LogP contribution in [-0.2, 0) is 6.18 Å². The smallest absolute Gasteiger partial charge is 0.372 e. The molecule has 1 aliphatic rings. The number of hydrogen-bond donors (Lipinski definition) is 2. The van der Waals surface area contributed by atoms with Crippen molar-refractivity contribution < 1.29 is 22.8 Å². The first-order valence-corrected chi connectivity index (χ1v) is 15.0. The molecule has 3 aromatic carbocycles. The molecular formula is C34H35ClF3N5O2. The second-order valence-corrected chi connectivity index (χ2v) is 11.4. The van der Waals surface area contributed by atoms with Crippen molar-refractivity contribution >= 4 is 41.0 Å². The maximum Gasteiger partial charge on any atom is 0.417 e. The third kappa shape index (κ3) is 9.83. The first-order chi connectivity index (χ1) is 21.5. The fourth-order valence-electron chi connectivity index (χ4n) is 4.82. The highest BCUT2D eigenvalue weighted by Crippen LogP contribution is 2.35. The van der Waals surface area contributed by atoms with E-state index in [2.05, 4.69) is 37.5 Å². The number of carbonyl (C=O) groups excluding carboxylic acids is 2. The average molecular weight is 638 g/mol. The summed E-state index contributed by atoms with van der Waals surface area (Å²) >= 11 is 5.70. The molecule has 1 aliphatic heterocycles. The molecule has 1 saturated heterocycles. The van der Waals surface area contributed by atoms with Gasteiger partial charge in [-0.3, -0.25) is 9.59 Å². The van der Waals surface area contributed by atoms with E-state index >= 15 is 0 Å². The van der Waals surface area contributed by atoms with Crippen molar-refractivity contribution in [1.29, 1.82) is 0 Å². The van der Waals surface area contributed by atoms with Gasteiger partial charge in [-0.15, -0.1) is 0 Å². The third-order valence-electron chi connectivity index (χ3n) is 7.16. The number of amides is 2. The summed E-state index contributed by atoms with van der Waals surface area (Å²) in [5.74, 6) is 5.18. The highest BCUT2D eigenvalue weighted by Gasteiger charge is 2.33. The van der Waals surface area contributed by atoms with Crippen LogP contribution in [0.25, 0.3) is 0 Å². The van der Waals surface area contributed by atoms with E-state index < -0.39 is 28.6 Å². The predicted octanol–water partition coefficient (Wildman–Crippen LogP) is 7.06. The number of benzene rings is 3. The Kier molecular flexibility index (Phi) is 11.6. The van der Waals surface area contributed by atoms with Gasteiger partial charge in [-0.1, -0.05) is 35.6 Å². The molecule has 1 fully saturated rings. The molecule has 236 valence electrons. The van der Waals surface area contributed by atoms with E-state index in [1.54, 1.807) is 30.3 Å². The van der Waals surface area contributed by atoms with Crippen LogP contribution in [-0.4, -0.2) is 56.7 Å². The van der Waals surface area contributed by atoms with Crippen LogP contribution in [0.15, 0.2) is 65.8 Å². The summed E-state index contributed by atoms with van der Waals surface area (Å²) in [4.78, 5) is 30.9. The fourth-order valence-corrected chi connectivity index (χ4v) is 5.05. The summed E-state index contributed by atoms with van der Waals surface area (Å²) in [7, 11) is 4.02. The van der Waals surface area contributed by atoms with Gasteiger partial charge in [-0.2, -0.15) is 18.3 Å². The fraction of sp³-hybridized carbons (Fsp3) is 0.324. The Morgan fingerprint density at radius 1 is 1.02 bits per heavy atom. The van der Waals surface area contributed by atoms with Gasteiger partial charge in [0.1, 0.15) is 0 Å². The minimum atomic E-state index is -4.63. The number of hydrogen-bond acceptors (Lipinski definition) is 5. The molecule has 0 aromatic heterocycles. The molecule has 0 spiro atoms. The summed E-state index contributed by atoms with van der Waals surface area (Å²) in [5, 5.41) is 6.27. The largest absolute Gasteiger partial charge is 0.417 e. The van der Waals surface area contributed by atoms with Gasteiger partial charge in [-0.25, -0.2) is 5.43 Å². The molecule has 1 heterocycles. The standard InChI is InChI=1S/C34H35ClF3N5O2/c1-42(2)17-6-3-5-10-24-11-9-12-26(20-24)32(44)40-31-16-14-27(43-18-7-4-8-19-43)22-28(31)33(45)41-39-23-25-13-15-30(35)29(21-25)34(36,37)38/h9,11-16,20-23H,3-4,6-8,17-19H2,1-2H3,(H,40,44)(H,41,45). The number of carbonyl (C=O) groups is 2. The quantitative estimate of drug-likeness (QED) is 0.114. The number of unbranched alkanes of at least 4 members (excludes halogenated alkanes) is 1. The number of piperidine rings is 1. The summed E-state index contributed by atoms with van der Waals surface area (Å²) < 4.78 is 39.7. The molecule has 2 amide bonds. The van der Waals surface area contributed by atoms with Crippen molar-refractivity contribution in [2.24, 2.45) is 5.10 Å². The van der Waals surface area contributed by atoms with E-state index in [0.717, 1.165) is 75.8 Å². The van der Waals surface area contributed by atoms with E-state index in [4.69, 9.17) is 11.6 Å². The topological polar surface area (TPSA) is 77.0 Å². The molecule has 0 bridgehead atoms. The van der Waals surface area contributed by atoms with Crippen LogP contribution >= 0.6 is 11.6 Å². The zero-order valence-corrected chi connectivity index (χ0v) is 25.9. The second kappa shape index (κ2) is 15.6. The summed E-state index contributed by atoms with van der Waals surface area (Å²) in [5.41, 5.74) is 3.80. The SMILES string of the molecule is CN(C)CCCC#Cc1cccc(C(=O)Nc2ccc(N3CCCCC3)cc2C(=O)NN=Cc2ccc(Cl)c(C(F)(F)F)c2)c1. The number of rotatable bonds is 9. The number of anilines is 2. The monoisotopic (exact) mass is 637 g/mol. The van der Waals surface area contributed by atoms with Crippen molar-refractivity contribution in [3.05, 3.63) is 93.5 Å². The molecular weight excluding hydrogens is 603 g/mol. The van der Waals surface area contributed by atoms with Crippen LogP contribution in [0.1, 0.15) is 69.5 Å². The highest BCUT2D eigenvalue weighted by molar-refractivity contribution is 6.31. The van der Waals surface area contributed by atoms with Crippen molar-refractivity contribution in [2.75, 3.05) is 43.9 Å². The summed E-state index contributed by atoms with van der Waals surface area (Å²) in [6.07, 6.45) is 1.33. The number of halogens is 4. The number of alkyl halides is 3. The van der Waals surface area contributed by atoms with E-state index in [-0.39, 0.29) is 16.8 Å². The summed E-state index contributed by atoms with van der Waals surface area (Å²) in [6.45, 7) is 2.62. The maximum atomic E-state index is 13.3. The van der Waals surface area contributed by atoms with Gasteiger partial charge < -0.3 is 15.1 Å². The van der Waals surface area contributed by atoms with Gasteiger partial charge in [0.05, 0.1) is 28.1 Å². The van der Waals surface area contributed by atoms with E-state index in [0.29, 0.717) is 11.1 Å². The zero-order chi connectivity index (χ0) is 32.4. The molecule has 4 rings (SSSR count). The van der Waals surface area contributed by atoms with Gasteiger partial charge in [0.25, 0.3) is 11.8 Å². The molecule has 11 heteroatoms. The zero-order valence-electron chi connectivity index (χ0n) is 25.2. The highest BCUT2D eigenvalue weighted by atomic mass is 35.5. The van der Waals surface area contributed by atoms with Gasteiger partial charge in [0.2, 0.25) is 0 Å². The van der Waals surface area contributed by atoms with E-state index in [1.165, 1.54) is 6.07 Å². The number of hydrazone groups is 1. The Bertz CT molecular complexity index is 1610. The normalized spacial score (nSPS) is 13.4. The minimum absolute atomic E-state index is 0.100. The summed E-state index contributed by atoms with van der Waals surface area (Å²) in [6, 6.07) is 15.5. The van der Waals surface area contributed by atoms with E-state index in [1.807, 2.05) is 26.2 Å². The van der Waals surface area contributed by atoms with Crippen LogP contribution in [0.5, 0.6) is 0 Å². The third-order valence-corrected chi connectivity index (χ3v) is 7.49. The lowest BCUT2D eigenvalue weighted by molar-refractivity contribution is -0.137. The first-order valence-electron chi connectivity index (χ1n) is 14.7. The lowest BCUT2D eigenvalue weighted by Gasteiger charge is -2.29. The molecule has 0 saturated carbocycles. The molecule has 45 heavy (non-hydrogen) atoms. The average Bonchev–Trinajstić information content (AvgIpc) is 3.01. The Labute approximate surface area is 266 Å². The maximum absolute atomic E-state index is 13.3. The molecule has 0 radical (unpaired) electrons. The van der Waals surface area contributed by atoms with Crippen molar-refractivity contribution in [1.82, 2.24) is 10.3 Å². The van der Waals surface area contributed by atoms with Crippen LogP contribution in [0.3, 0.4) is 0 Å². The van der Waals surface area contributed by atoms with Gasteiger partial charge >= 0.3 is 6.18 Å². The van der Waals surface area contributed by atoms with Crippen LogP contribution < -0.4 is 15.6 Å². The minimum Gasteiger partial charge on any atom is -0.372 e. The van der Waals surface area contributed by atoms with Gasteiger partial charge in [0, 0.05) is 36.3 Å². The van der Waals surface area contributed by atoms with Gasteiger partial charge in [0.15, 0.2) is 0 Å². The first kappa shape index (κ1) is 33.6. The van der Waals surface area contributed by atoms with Crippen molar-refractivity contribution in [3.8, 4) is 11.8 Å². The Morgan fingerprint density at radius 2 is 1.80 bits per heavy atom. The number of nitrogens with one attached hydrogen (secondary N) is 2.